The minimum absolute atomic E-state index is 0.221. The van der Waals surface area contributed by atoms with Crippen LogP contribution >= 0.6 is 0 Å². The van der Waals surface area contributed by atoms with Crippen LogP contribution in [0.5, 0.6) is 0 Å². The first-order valence-corrected chi connectivity index (χ1v) is 12.0. The molecule has 2 aromatic heterocycles. The van der Waals surface area contributed by atoms with Crippen LogP contribution in [0.25, 0.3) is 22.0 Å². The fourth-order valence-electron chi connectivity index (χ4n) is 4.08. The number of aromatic nitrogens is 3. The molecule has 0 aliphatic heterocycles. The first-order valence-electron chi connectivity index (χ1n) is 12.0. The first-order chi connectivity index (χ1) is 17.6. The summed E-state index contributed by atoms with van der Waals surface area (Å²) in [6.45, 7) is 7.74. The van der Waals surface area contributed by atoms with Crippen molar-refractivity contribution in [3.05, 3.63) is 78.2 Å². The zero-order valence-corrected chi connectivity index (χ0v) is 21.4. The van der Waals surface area contributed by atoms with Crippen molar-refractivity contribution in [1.29, 1.82) is 0 Å². The van der Waals surface area contributed by atoms with E-state index in [1.165, 1.54) is 0 Å². The molecule has 192 valence electrons. The van der Waals surface area contributed by atoms with Crippen LogP contribution in [0, 0.1) is 6.92 Å². The first kappa shape index (κ1) is 25.7. The fourth-order valence-corrected chi connectivity index (χ4v) is 4.08. The summed E-state index contributed by atoms with van der Waals surface area (Å²) in [5.41, 5.74) is 4.24. The Morgan fingerprint density at radius 3 is 2.51 bits per heavy atom. The average Bonchev–Trinajstić information content (AvgIpc) is 3.18. The lowest BCUT2D eigenvalue weighted by Crippen LogP contribution is -2.43. The van der Waals surface area contributed by atoms with Crippen molar-refractivity contribution in [3.8, 4) is 11.1 Å². The molecule has 1 unspecified atom stereocenters. The summed E-state index contributed by atoms with van der Waals surface area (Å²) in [6.07, 6.45) is 2.52. The van der Waals surface area contributed by atoms with Gasteiger partial charge in [-0.3, -0.25) is 4.98 Å². The Morgan fingerprint density at radius 2 is 1.81 bits per heavy atom. The maximum absolute atomic E-state index is 12.5. The number of alkyl carbamates (subject to hydrolysis) is 1. The van der Waals surface area contributed by atoms with Crippen molar-refractivity contribution >= 4 is 28.8 Å². The van der Waals surface area contributed by atoms with Crippen LogP contribution in [0.1, 0.15) is 32.0 Å². The lowest BCUT2D eigenvalue weighted by Gasteiger charge is -2.24. The second-order valence-electron chi connectivity index (χ2n) is 9.89. The van der Waals surface area contributed by atoms with Gasteiger partial charge in [0, 0.05) is 29.9 Å². The Labute approximate surface area is 215 Å². The number of hydrogen-bond donors (Lipinski definition) is 3. The lowest BCUT2D eigenvalue weighted by atomic mass is 10.0. The van der Waals surface area contributed by atoms with Crippen molar-refractivity contribution < 1.29 is 19.4 Å². The highest BCUT2D eigenvalue weighted by atomic mass is 16.6. The number of amides is 1. The molecule has 2 aromatic carbocycles. The number of nitrogens with zero attached hydrogens (tertiary/aromatic N) is 3. The summed E-state index contributed by atoms with van der Waals surface area (Å²) in [4.78, 5) is 28.3. The summed E-state index contributed by atoms with van der Waals surface area (Å²) in [5, 5.41) is 20.6. The van der Waals surface area contributed by atoms with E-state index in [0.29, 0.717) is 24.2 Å². The number of nitrogens with one attached hydrogen (secondary N) is 2. The topological polar surface area (TPSA) is 118 Å². The van der Waals surface area contributed by atoms with Gasteiger partial charge in [-0.1, -0.05) is 36.4 Å². The molecule has 0 fully saturated rings. The Kier molecular flexibility index (Phi) is 7.42. The molecule has 1 atom stereocenters. The summed E-state index contributed by atoms with van der Waals surface area (Å²) >= 11 is 0. The maximum Gasteiger partial charge on any atom is 0.432 e. The highest BCUT2D eigenvalue weighted by Crippen LogP contribution is 2.27. The fraction of sp³-hybridized carbons (Fsp3) is 0.286. The van der Waals surface area contributed by atoms with Gasteiger partial charge in [0.1, 0.15) is 5.60 Å². The molecule has 2 heterocycles. The van der Waals surface area contributed by atoms with Crippen LogP contribution in [0.3, 0.4) is 0 Å². The predicted molar refractivity (Wildman–Crippen MR) is 143 cm³/mol. The molecule has 0 aliphatic carbocycles. The minimum Gasteiger partial charge on any atom is -0.463 e. The van der Waals surface area contributed by atoms with Crippen LogP contribution in [0.4, 0.5) is 15.3 Å². The van der Waals surface area contributed by atoms with Crippen LogP contribution in [0.2, 0.25) is 0 Å². The van der Waals surface area contributed by atoms with Gasteiger partial charge in [0.15, 0.2) is 0 Å². The average molecular weight is 502 g/mol. The third-order valence-electron chi connectivity index (χ3n) is 5.72. The van der Waals surface area contributed by atoms with Crippen molar-refractivity contribution in [3.63, 3.8) is 0 Å². The molecule has 37 heavy (non-hydrogen) atoms. The van der Waals surface area contributed by atoms with Gasteiger partial charge >= 0.3 is 12.2 Å². The summed E-state index contributed by atoms with van der Waals surface area (Å²) in [5.74, 6) is 0. The molecule has 9 nitrogen and oxygen atoms in total. The quantitative estimate of drug-likeness (QED) is 0.307. The standard InChI is InChI=1S/C28H31N5O4/c1-18-24-14-20(10-11-25(24)33(32-18)27(35)36)21-13-22(16-29-15-21)30-17-23(12-19-8-6-5-7-9-19)31-26(34)37-28(2,3)4/h5-11,13-16,23,30H,12,17H2,1-4H3,(H,31,34)(H,35,36). The summed E-state index contributed by atoms with van der Waals surface area (Å²) in [7, 11) is 0. The molecule has 0 aliphatic rings. The molecule has 0 saturated carbocycles. The molecule has 0 bridgehead atoms. The molecule has 0 radical (unpaired) electrons. The molecule has 3 N–H and O–H groups in total. The maximum atomic E-state index is 12.5. The smallest absolute Gasteiger partial charge is 0.432 e. The van der Waals surface area contributed by atoms with Gasteiger partial charge in [0.05, 0.1) is 22.9 Å². The molecule has 1 amide bonds. The largest absolute Gasteiger partial charge is 0.463 e. The monoisotopic (exact) mass is 501 g/mol. The van der Waals surface area contributed by atoms with Crippen LogP contribution < -0.4 is 10.6 Å². The highest BCUT2D eigenvalue weighted by molar-refractivity contribution is 5.92. The van der Waals surface area contributed by atoms with E-state index in [4.69, 9.17) is 4.74 Å². The van der Waals surface area contributed by atoms with Crippen LogP contribution in [0.15, 0.2) is 67.0 Å². The van der Waals surface area contributed by atoms with Crippen molar-refractivity contribution in [2.75, 3.05) is 11.9 Å². The van der Waals surface area contributed by atoms with Gasteiger partial charge in [-0.2, -0.15) is 9.78 Å². The number of rotatable bonds is 7. The van der Waals surface area contributed by atoms with Gasteiger partial charge in [-0.25, -0.2) is 9.59 Å². The van der Waals surface area contributed by atoms with Crippen LogP contribution in [-0.4, -0.2) is 50.2 Å². The van der Waals surface area contributed by atoms with E-state index in [9.17, 15) is 14.7 Å². The molecular weight excluding hydrogens is 470 g/mol. The number of anilines is 1. The third kappa shape index (κ3) is 6.63. The SMILES string of the molecule is Cc1nn(C(=O)O)c2ccc(-c3cncc(NCC(Cc4ccccc4)NC(=O)OC(C)(C)C)c3)cc12. The van der Waals surface area contributed by atoms with E-state index in [2.05, 4.69) is 20.7 Å². The minimum atomic E-state index is -1.12. The van der Waals surface area contributed by atoms with Gasteiger partial charge < -0.3 is 20.5 Å². The van der Waals surface area contributed by atoms with Gasteiger partial charge in [-0.05, 0) is 63.4 Å². The number of fused-ring (bicyclic) bond motifs is 1. The van der Waals surface area contributed by atoms with Crippen molar-refractivity contribution in [2.24, 2.45) is 0 Å². The van der Waals surface area contributed by atoms with E-state index in [1.54, 1.807) is 25.4 Å². The number of benzene rings is 2. The van der Waals surface area contributed by atoms with Gasteiger partial charge in [-0.15, -0.1) is 0 Å². The Morgan fingerprint density at radius 1 is 1.05 bits per heavy atom. The van der Waals surface area contributed by atoms with E-state index < -0.39 is 17.8 Å². The van der Waals surface area contributed by atoms with E-state index in [-0.39, 0.29) is 6.04 Å². The number of carboxylic acid groups (broad SMARTS) is 1. The Balaban J connectivity index is 1.51. The highest BCUT2D eigenvalue weighted by Gasteiger charge is 2.20. The molecule has 4 rings (SSSR count). The molecular formula is C28H31N5O4. The number of pyridine rings is 1. The normalized spacial score (nSPS) is 12.2. The molecule has 0 saturated heterocycles. The van der Waals surface area contributed by atoms with Gasteiger partial charge in [0.2, 0.25) is 0 Å². The zero-order valence-electron chi connectivity index (χ0n) is 21.4. The van der Waals surface area contributed by atoms with Gasteiger partial charge in [0.25, 0.3) is 0 Å². The second-order valence-corrected chi connectivity index (χ2v) is 9.89. The third-order valence-corrected chi connectivity index (χ3v) is 5.72. The molecule has 4 aromatic rings. The Hall–Kier alpha value is -4.40. The van der Waals surface area contributed by atoms with Crippen LogP contribution in [-0.2, 0) is 11.2 Å². The Bertz CT molecular complexity index is 1410. The number of ether oxygens (including phenoxy) is 1. The van der Waals surface area contributed by atoms with E-state index >= 15 is 0 Å². The lowest BCUT2D eigenvalue weighted by molar-refractivity contribution is 0.0507. The van der Waals surface area contributed by atoms with E-state index in [1.807, 2.05) is 69.3 Å². The summed E-state index contributed by atoms with van der Waals surface area (Å²) < 4.78 is 6.44. The number of hydrogen-bond acceptors (Lipinski definition) is 6. The number of aryl methyl sites for hydroxylation is 1. The second kappa shape index (κ2) is 10.7. The van der Waals surface area contributed by atoms with Crippen molar-refractivity contribution in [2.45, 2.75) is 45.8 Å². The molecule has 0 spiro atoms. The number of carbonyl (C=O) groups excluding carboxylic acids is 1. The zero-order chi connectivity index (χ0) is 26.6. The van der Waals surface area contributed by atoms with Crippen molar-refractivity contribution in [1.82, 2.24) is 20.1 Å². The van der Waals surface area contributed by atoms with E-state index in [0.717, 1.165) is 32.4 Å². The molecule has 9 heteroatoms. The predicted octanol–water partition coefficient (Wildman–Crippen LogP) is 5.48. The number of carbonyl (C=O) groups is 2. The summed E-state index contributed by atoms with van der Waals surface area (Å²) in [6, 6.07) is 17.2.